The summed E-state index contributed by atoms with van der Waals surface area (Å²) in [5.74, 6) is -0.537. The van der Waals surface area contributed by atoms with Gasteiger partial charge in [-0.1, -0.05) is 17.7 Å². The number of nitrogens with zero attached hydrogens (tertiary/aromatic N) is 5. The van der Waals surface area contributed by atoms with Crippen LogP contribution in [0.15, 0.2) is 52.8 Å². The van der Waals surface area contributed by atoms with Gasteiger partial charge in [0.05, 0.1) is 11.3 Å². The lowest BCUT2D eigenvalue weighted by Crippen LogP contribution is -2.13. The van der Waals surface area contributed by atoms with Gasteiger partial charge in [0.25, 0.3) is 5.91 Å². The third-order valence-corrected chi connectivity index (χ3v) is 3.90. The Kier molecular flexibility index (Phi) is 3.84. The number of amides is 1. The third kappa shape index (κ3) is 2.82. The van der Waals surface area contributed by atoms with Crippen molar-refractivity contribution in [3.63, 3.8) is 0 Å². The Morgan fingerprint density at radius 2 is 2.00 bits per heavy atom. The number of primary amides is 1. The SMILES string of the molecule is Cc1ccc(-n2nnnc2Sc2ncccc2C(N)=O)cc1. The highest BCUT2D eigenvalue weighted by Crippen LogP contribution is 2.27. The van der Waals surface area contributed by atoms with Crippen LogP contribution in [0.3, 0.4) is 0 Å². The van der Waals surface area contributed by atoms with Crippen LogP contribution in [0.5, 0.6) is 0 Å². The van der Waals surface area contributed by atoms with Gasteiger partial charge in [0.2, 0.25) is 5.16 Å². The Balaban J connectivity index is 1.97. The number of hydrogen-bond donors (Lipinski definition) is 1. The number of aryl methyl sites for hydroxylation is 1. The Bertz CT molecular complexity index is 814. The van der Waals surface area contributed by atoms with Crippen LogP contribution in [0.25, 0.3) is 5.69 Å². The van der Waals surface area contributed by atoms with E-state index in [1.807, 2.05) is 31.2 Å². The fraction of sp³-hybridized carbons (Fsp3) is 0.0714. The minimum absolute atomic E-state index is 0.339. The molecule has 2 N–H and O–H groups in total. The highest BCUT2D eigenvalue weighted by atomic mass is 32.2. The summed E-state index contributed by atoms with van der Waals surface area (Å²) in [7, 11) is 0. The Labute approximate surface area is 130 Å². The lowest BCUT2D eigenvalue weighted by atomic mass is 10.2. The summed E-state index contributed by atoms with van der Waals surface area (Å²) < 4.78 is 1.59. The van der Waals surface area contributed by atoms with E-state index in [-0.39, 0.29) is 0 Å². The zero-order valence-electron chi connectivity index (χ0n) is 11.7. The van der Waals surface area contributed by atoms with Crippen LogP contribution >= 0.6 is 11.8 Å². The van der Waals surface area contributed by atoms with Crippen molar-refractivity contribution in [3.05, 3.63) is 53.7 Å². The van der Waals surface area contributed by atoms with Gasteiger partial charge < -0.3 is 5.73 Å². The zero-order chi connectivity index (χ0) is 15.5. The number of aromatic nitrogens is 5. The molecule has 0 aliphatic carbocycles. The first-order valence-corrected chi connectivity index (χ1v) is 7.25. The van der Waals surface area contributed by atoms with Crippen molar-refractivity contribution in [1.82, 2.24) is 25.2 Å². The quantitative estimate of drug-likeness (QED) is 0.785. The molecule has 0 saturated heterocycles. The maximum atomic E-state index is 11.5. The lowest BCUT2D eigenvalue weighted by Gasteiger charge is -2.06. The van der Waals surface area contributed by atoms with Crippen molar-refractivity contribution in [1.29, 1.82) is 0 Å². The molecule has 0 saturated carbocycles. The van der Waals surface area contributed by atoms with E-state index in [1.165, 1.54) is 11.8 Å². The molecule has 1 amide bonds. The Hall–Kier alpha value is -2.74. The van der Waals surface area contributed by atoms with Crippen LogP contribution in [-0.2, 0) is 0 Å². The maximum Gasteiger partial charge on any atom is 0.251 e. The summed E-state index contributed by atoms with van der Waals surface area (Å²) in [6, 6.07) is 11.1. The minimum atomic E-state index is -0.537. The number of benzene rings is 1. The molecular weight excluding hydrogens is 300 g/mol. The molecule has 0 atom stereocenters. The van der Waals surface area contributed by atoms with Crippen molar-refractivity contribution >= 4 is 17.7 Å². The number of rotatable bonds is 4. The highest BCUT2D eigenvalue weighted by Gasteiger charge is 2.15. The predicted octanol–water partition coefficient (Wildman–Crippen LogP) is 1.62. The van der Waals surface area contributed by atoms with Gasteiger partial charge in [0.15, 0.2) is 0 Å². The highest BCUT2D eigenvalue weighted by molar-refractivity contribution is 7.99. The van der Waals surface area contributed by atoms with Gasteiger partial charge in [-0.15, -0.1) is 5.10 Å². The monoisotopic (exact) mass is 312 g/mol. The minimum Gasteiger partial charge on any atom is -0.366 e. The molecule has 22 heavy (non-hydrogen) atoms. The van der Waals surface area contributed by atoms with Crippen LogP contribution in [0, 0.1) is 6.92 Å². The lowest BCUT2D eigenvalue weighted by molar-refractivity contribution is 0.0997. The van der Waals surface area contributed by atoms with E-state index in [9.17, 15) is 4.79 Å². The van der Waals surface area contributed by atoms with Gasteiger partial charge in [-0.3, -0.25) is 4.79 Å². The molecular formula is C14H12N6OS. The van der Waals surface area contributed by atoms with Gasteiger partial charge >= 0.3 is 0 Å². The van der Waals surface area contributed by atoms with Crippen LogP contribution in [0.4, 0.5) is 0 Å². The largest absolute Gasteiger partial charge is 0.366 e. The molecule has 3 aromatic rings. The molecule has 3 rings (SSSR count). The van der Waals surface area contributed by atoms with Crippen molar-refractivity contribution in [2.45, 2.75) is 17.1 Å². The first kappa shape index (κ1) is 14.2. The normalized spacial score (nSPS) is 10.6. The average Bonchev–Trinajstić information content (AvgIpc) is 2.96. The average molecular weight is 312 g/mol. The number of tetrazole rings is 1. The predicted molar refractivity (Wildman–Crippen MR) is 80.8 cm³/mol. The molecule has 0 unspecified atom stereocenters. The standard InChI is InChI=1S/C14H12N6OS/c1-9-4-6-10(7-5-9)20-14(17-18-19-20)22-13-11(12(15)21)3-2-8-16-13/h2-8H,1H3,(H2,15,21). The summed E-state index contributed by atoms with van der Waals surface area (Å²) in [5.41, 5.74) is 7.67. The second-order valence-electron chi connectivity index (χ2n) is 4.53. The summed E-state index contributed by atoms with van der Waals surface area (Å²) in [5, 5.41) is 12.6. The molecule has 0 aliphatic rings. The molecule has 8 heteroatoms. The smallest absolute Gasteiger partial charge is 0.251 e. The number of carbonyl (C=O) groups is 1. The second kappa shape index (κ2) is 5.94. The van der Waals surface area contributed by atoms with E-state index in [0.29, 0.717) is 15.7 Å². The van der Waals surface area contributed by atoms with Crippen LogP contribution in [0.2, 0.25) is 0 Å². The van der Waals surface area contributed by atoms with Crippen LogP contribution in [-0.4, -0.2) is 31.1 Å². The van der Waals surface area contributed by atoms with E-state index in [1.54, 1.807) is 23.0 Å². The Morgan fingerprint density at radius 1 is 1.23 bits per heavy atom. The van der Waals surface area contributed by atoms with Gasteiger partial charge in [0.1, 0.15) is 5.03 Å². The molecule has 2 heterocycles. The number of carbonyl (C=O) groups excluding carboxylic acids is 1. The molecule has 2 aromatic heterocycles. The first-order valence-electron chi connectivity index (χ1n) is 6.43. The molecule has 0 spiro atoms. The summed E-state index contributed by atoms with van der Waals surface area (Å²) >= 11 is 1.19. The molecule has 0 radical (unpaired) electrons. The second-order valence-corrected chi connectivity index (χ2v) is 5.49. The third-order valence-electron chi connectivity index (χ3n) is 2.94. The van der Waals surface area contributed by atoms with Crippen LogP contribution in [0.1, 0.15) is 15.9 Å². The van der Waals surface area contributed by atoms with Gasteiger partial charge in [-0.25, -0.2) is 4.98 Å². The maximum absolute atomic E-state index is 11.5. The summed E-state index contributed by atoms with van der Waals surface area (Å²) in [4.78, 5) is 15.6. The van der Waals surface area contributed by atoms with Crippen molar-refractivity contribution in [3.8, 4) is 5.69 Å². The van der Waals surface area contributed by atoms with Gasteiger partial charge in [-0.05, 0) is 53.4 Å². The van der Waals surface area contributed by atoms with E-state index in [0.717, 1.165) is 11.3 Å². The molecule has 7 nitrogen and oxygen atoms in total. The molecule has 0 fully saturated rings. The van der Waals surface area contributed by atoms with E-state index in [2.05, 4.69) is 20.5 Å². The van der Waals surface area contributed by atoms with E-state index < -0.39 is 5.91 Å². The topological polar surface area (TPSA) is 99.6 Å². The molecule has 110 valence electrons. The van der Waals surface area contributed by atoms with E-state index in [4.69, 9.17) is 5.73 Å². The van der Waals surface area contributed by atoms with Crippen molar-refractivity contribution in [2.24, 2.45) is 5.73 Å². The summed E-state index contributed by atoms with van der Waals surface area (Å²) in [6.07, 6.45) is 1.59. The van der Waals surface area contributed by atoms with Gasteiger partial charge in [-0.2, -0.15) is 4.68 Å². The fourth-order valence-electron chi connectivity index (χ4n) is 1.84. The number of hydrogen-bond acceptors (Lipinski definition) is 6. The van der Waals surface area contributed by atoms with Crippen molar-refractivity contribution < 1.29 is 4.79 Å². The van der Waals surface area contributed by atoms with Gasteiger partial charge in [0, 0.05) is 6.20 Å². The summed E-state index contributed by atoms with van der Waals surface area (Å²) in [6.45, 7) is 2.01. The first-order chi connectivity index (χ1) is 10.6. The van der Waals surface area contributed by atoms with E-state index >= 15 is 0 Å². The zero-order valence-corrected chi connectivity index (χ0v) is 12.5. The molecule has 0 bridgehead atoms. The number of pyridine rings is 1. The molecule has 1 aromatic carbocycles. The van der Waals surface area contributed by atoms with Crippen LogP contribution < -0.4 is 5.73 Å². The Morgan fingerprint density at radius 3 is 2.73 bits per heavy atom. The fourth-order valence-corrected chi connectivity index (χ4v) is 2.71. The molecule has 0 aliphatic heterocycles. The van der Waals surface area contributed by atoms with Crippen molar-refractivity contribution in [2.75, 3.05) is 0 Å². The number of nitrogens with two attached hydrogens (primary N) is 1.